The average Bonchev–Trinajstić information content (AvgIpc) is 2.50. The molecule has 0 fully saturated rings. The topological polar surface area (TPSA) is 61.7 Å². The summed E-state index contributed by atoms with van der Waals surface area (Å²) in [5, 5.41) is 12.6. The van der Waals surface area contributed by atoms with Gasteiger partial charge in [0.25, 0.3) is 5.91 Å². The molecule has 0 atom stereocenters. The van der Waals surface area contributed by atoms with Crippen LogP contribution in [0.2, 0.25) is 0 Å². The number of halogens is 1. The van der Waals surface area contributed by atoms with Crippen molar-refractivity contribution in [3.8, 4) is 0 Å². The van der Waals surface area contributed by atoms with Crippen molar-refractivity contribution in [3.63, 3.8) is 0 Å². The van der Waals surface area contributed by atoms with E-state index in [0.29, 0.717) is 12.0 Å². The van der Waals surface area contributed by atoms with Crippen molar-refractivity contribution in [1.82, 2.24) is 5.32 Å². The number of aliphatic hydroxyl groups is 1. The number of nitrogens with one attached hydrogen (secondary N) is 1. The Morgan fingerprint density at radius 2 is 2.05 bits per heavy atom. The van der Waals surface area contributed by atoms with Crippen molar-refractivity contribution in [2.75, 3.05) is 0 Å². The molecule has 4 nitrogen and oxygen atoms in total. The Bertz CT molecular complexity index is 574. The van der Waals surface area contributed by atoms with E-state index in [-0.39, 0.29) is 23.8 Å². The van der Waals surface area contributed by atoms with E-state index in [9.17, 15) is 14.3 Å². The molecule has 0 radical (unpaired) electrons. The number of carbonyl (C=O) groups excluding carboxylic acids is 1. The standard InChI is InChI=1S/C16H19FN2O2/c1-4-11(3)15(20)14(18-5-2)16(21)19-10-12-6-8-13(17)9-7-12/h5-9,20H,3-4,10H2,1-2H3,(H,19,21)/b15-14+,18-5-. The summed E-state index contributed by atoms with van der Waals surface area (Å²) < 4.78 is 12.8. The van der Waals surface area contributed by atoms with Crippen LogP contribution < -0.4 is 5.32 Å². The molecule has 1 aromatic rings. The maximum Gasteiger partial charge on any atom is 0.273 e. The molecule has 0 aliphatic carbocycles. The molecule has 1 amide bonds. The third kappa shape index (κ3) is 4.87. The lowest BCUT2D eigenvalue weighted by Gasteiger charge is -2.09. The second kappa shape index (κ2) is 7.99. The Morgan fingerprint density at radius 3 is 2.57 bits per heavy atom. The third-order valence-corrected chi connectivity index (χ3v) is 2.83. The molecule has 1 aromatic carbocycles. The minimum Gasteiger partial charge on any atom is -0.505 e. The first-order valence-electron chi connectivity index (χ1n) is 6.62. The number of amides is 1. The quantitative estimate of drug-likeness (QED) is 0.365. The van der Waals surface area contributed by atoms with E-state index in [1.165, 1.54) is 18.3 Å². The van der Waals surface area contributed by atoms with Crippen LogP contribution >= 0.6 is 0 Å². The Morgan fingerprint density at radius 1 is 1.43 bits per heavy atom. The number of nitrogens with zero attached hydrogens (tertiary/aromatic N) is 1. The fourth-order valence-corrected chi connectivity index (χ4v) is 1.56. The van der Waals surface area contributed by atoms with Crippen LogP contribution in [0.4, 0.5) is 4.39 Å². The van der Waals surface area contributed by atoms with Crippen molar-refractivity contribution >= 4 is 12.1 Å². The van der Waals surface area contributed by atoms with E-state index in [4.69, 9.17) is 0 Å². The van der Waals surface area contributed by atoms with Gasteiger partial charge in [0.2, 0.25) is 0 Å². The number of aliphatic imine (C=N–C) groups is 1. The normalized spacial score (nSPS) is 12.1. The molecule has 0 aliphatic rings. The van der Waals surface area contributed by atoms with Gasteiger partial charge in [0.1, 0.15) is 11.6 Å². The summed E-state index contributed by atoms with van der Waals surface area (Å²) in [6.07, 6.45) is 1.94. The minimum absolute atomic E-state index is 0.0774. The fourth-order valence-electron chi connectivity index (χ4n) is 1.56. The summed E-state index contributed by atoms with van der Waals surface area (Å²) in [5.74, 6) is -1.06. The van der Waals surface area contributed by atoms with E-state index in [2.05, 4.69) is 16.9 Å². The van der Waals surface area contributed by atoms with Crippen molar-refractivity contribution in [1.29, 1.82) is 0 Å². The average molecular weight is 290 g/mol. The number of benzene rings is 1. The molecule has 0 saturated heterocycles. The summed E-state index contributed by atoms with van der Waals surface area (Å²) in [7, 11) is 0. The number of hydrogen-bond acceptors (Lipinski definition) is 3. The summed E-state index contributed by atoms with van der Waals surface area (Å²) >= 11 is 0. The van der Waals surface area contributed by atoms with Crippen LogP contribution in [0.25, 0.3) is 0 Å². The number of carbonyl (C=O) groups is 1. The van der Waals surface area contributed by atoms with Crippen LogP contribution in [-0.4, -0.2) is 17.2 Å². The first kappa shape index (κ1) is 16.6. The number of rotatable bonds is 6. The minimum atomic E-state index is -0.510. The highest BCUT2D eigenvalue weighted by Crippen LogP contribution is 2.15. The molecule has 0 spiro atoms. The van der Waals surface area contributed by atoms with Gasteiger partial charge in [-0.2, -0.15) is 0 Å². The van der Waals surface area contributed by atoms with E-state index in [1.54, 1.807) is 19.1 Å². The zero-order valence-electron chi connectivity index (χ0n) is 12.2. The van der Waals surface area contributed by atoms with E-state index < -0.39 is 5.91 Å². The molecule has 112 valence electrons. The van der Waals surface area contributed by atoms with Crippen molar-refractivity contribution in [2.45, 2.75) is 26.8 Å². The monoisotopic (exact) mass is 290 g/mol. The van der Waals surface area contributed by atoms with E-state index in [1.807, 2.05) is 6.92 Å². The van der Waals surface area contributed by atoms with Gasteiger partial charge in [-0.1, -0.05) is 25.6 Å². The Hall–Kier alpha value is -2.43. The molecule has 0 aliphatic heterocycles. The van der Waals surface area contributed by atoms with Crippen LogP contribution in [-0.2, 0) is 11.3 Å². The molecular weight excluding hydrogens is 271 g/mol. The highest BCUT2D eigenvalue weighted by molar-refractivity contribution is 5.95. The maximum absolute atomic E-state index is 12.8. The van der Waals surface area contributed by atoms with Crippen LogP contribution in [0.5, 0.6) is 0 Å². The largest absolute Gasteiger partial charge is 0.505 e. The van der Waals surface area contributed by atoms with Gasteiger partial charge in [-0.15, -0.1) is 0 Å². The maximum atomic E-state index is 12.8. The number of allylic oxidation sites excluding steroid dienone is 1. The van der Waals surface area contributed by atoms with Gasteiger partial charge < -0.3 is 10.4 Å². The molecular formula is C16H19FN2O2. The second-order valence-corrected chi connectivity index (χ2v) is 4.35. The Kier molecular flexibility index (Phi) is 6.33. The summed E-state index contributed by atoms with van der Waals surface area (Å²) in [5.41, 5.74) is 1.11. The first-order chi connectivity index (χ1) is 9.99. The zero-order valence-corrected chi connectivity index (χ0v) is 12.2. The van der Waals surface area contributed by atoms with Gasteiger partial charge in [0.05, 0.1) is 0 Å². The molecule has 0 unspecified atom stereocenters. The third-order valence-electron chi connectivity index (χ3n) is 2.83. The van der Waals surface area contributed by atoms with Gasteiger partial charge in [-0.05, 0) is 36.6 Å². The number of hydrogen-bond donors (Lipinski definition) is 2. The second-order valence-electron chi connectivity index (χ2n) is 4.35. The highest BCUT2D eigenvalue weighted by atomic mass is 19.1. The van der Waals surface area contributed by atoms with E-state index in [0.717, 1.165) is 5.56 Å². The van der Waals surface area contributed by atoms with Crippen molar-refractivity contribution in [3.05, 3.63) is 59.3 Å². The van der Waals surface area contributed by atoms with Crippen LogP contribution in [0, 0.1) is 5.82 Å². The predicted molar refractivity (Wildman–Crippen MR) is 81.5 cm³/mol. The Balaban J connectivity index is 2.83. The van der Waals surface area contributed by atoms with Crippen LogP contribution in [0.1, 0.15) is 25.8 Å². The van der Waals surface area contributed by atoms with E-state index >= 15 is 0 Å². The number of aliphatic hydroxyl groups excluding tert-OH is 1. The van der Waals surface area contributed by atoms with Crippen LogP contribution in [0.15, 0.2) is 52.9 Å². The molecule has 0 aromatic heterocycles. The lowest BCUT2D eigenvalue weighted by Crippen LogP contribution is -2.25. The van der Waals surface area contributed by atoms with Crippen molar-refractivity contribution in [2.24, 2.45) is 4.99 Å². The first-order valence-corrected chi connectivity index (χ1v) is 6.62. The lowest BCUT2D eigenvalue weighted by atomic mass is 10.1. The lowest BCUT2D eigenvalue weighted by molar-refractivity contribution is -0.117. The van der Waals surface area contributed by atoms with Crippen molar-refractivity contribution < 1.29 is 14.3 Å². The molecule has 5 heteroatoms. The summed E-state index contributed by atoms with van der Waals surface area (Å²) in [6.45, 7) is 7.37. The molecule has 0 saturated carbocycles. The van der Waals surface area contributed by atoms with Gasteiger partial charge >= 0.3 is 0 Å². The zero-order chi connectivity index (χ0) is 15.8. The summed E-state index contributed by atoms with van der Waals surface area (Å²) in [4.78, 5) is 16.0. The molecule has 0 bridgehead atoms. The molecule has 21 heavy (non-hydrogen) atoms. The fraction of sp³-hybridized carbons (Fsp3) is 0.250. The molecule has 2 N–H and O–H groups in total. The predicted octanol–water partition coefficient (Wildman–Crippen LogP) is 3.27. The van der Waals surface area contributed by atoms with Gasteiger partial charge in [-0.25, -0.2) is 4.39 Å². The smallest absolute Gasteiger partial charge is 0.273 e. The molecule has 1 rings (SSSR count). The SMILES string of the molecule is C=C(CC)/C(O)=C(\N=C/C)C(=O)NCc1ccc(F)cc1. The van der Waals surface area contributed by atoms with Gasteiger partial charge in [-0.3, -0.25) is 9.79 Å². The highest BCUT2D eigenvalue weighted by Gasteiger charge is 2.15. The summed E-state index contributed by atoms with van der Waals surface area (Å²) in [6, 6.07) is 5.79. The molecule has 0 heterocycles. The Labute approximate surface area is 123 Å². The van der Waals surface area contributed by atoms with Gasteiger partial charge in [0, 0.05) is 12.8 Å². The van der Waals surface area contributed by atoms with Crippen LogP contribution in [0.3, 0.4) is 0 Å². The van der Waals surface area contributed by atoms with Gasteiger partial charge in [0.15, 0.2) is 5.70 Å².